The van der Waals surface area contributed by atoms with Gasteiger partial charge in [-0.3, -0.25) is 18.9 Å². The van der Waals surface area contributed by atoms with Crippen LogP contribution in [0.5, 0.6) is 11.5 Å². The summed E-state index contributed by atoms with van der Waals surface area (Å²) in [5.74, 6) is 0.297. The molecule has 0 saturated heterocycles. The number of aromatic nitrogens is 2. The molecule has 2 amide bonds. The summed E-state index contributed by atoms with van der Waals surface area (Å²) in [4.78, 5) is 27.0. The van der Waals surface area contributed by atoms with Crippen LogP contribution in [0.1, 0.15) is 27.0 Å². The average molecular weight is 635 g/mol. The third-order valence-electron chi connectivity index (χ3n) is 7.31. The van der Waals surface area contributed by atoms with Crippen molar-refractivity contribution in [2.24, 2.45) is 0 Å². The van der Waals surface area contributed by atoms with E-state index in [0.717, 1.165) is 33.6 Å². The molecule has 0 fully saturated rings. The number of carbonyl (C=O) groups is 2. The summed E-state index contributed by atoms with van der Waals surface area (Å²) in [6.45, 7) is 5.13. The molecule has 0 bridgehead atoms. The summed E-state index contributed by atoms with van der Waals surface area (Å²) < 4.78 is 49.7. The number of benzene rings is 3. The van der Waals surface area contributed by atoms with E-state index in [2.05, 4.69) is 10.4 Å². The molecule has 1 aliphatic heterocycles. The largest absolute Gasteiger partial charge is 0.490 e. The average Bonchev–Trinajstić information content (AvgIpc) is 3.48. The number of rotatable bonds is 11. The van der Waals surface area contributed by atoms with Crippen molar-refractivity contribution in [3.8, 4) is 22.6 Å². The topological polar surface area (TPSA) is 149 Å². The molecule has 3 aromatic carbocycles. The molecule has 45 heavy (non-hydrogen) atoms. The van der Waals surface area contributed by atoms with Crippen molar-refractivity contribution in [2.45, 2.75) is 20.4 Å². The number of nitrogens with one attached hydrogen (secondary N) is 1. The van der Waals surface area contributed by atoms with Gasteiger partial charge in [0.05, 0.1) is 30.7 Å². The maximum Gasteiger partial charge on any atom is 0.414 e. The minimum atomic E-state index is -4.17. The van der Waals surface area contributed by atoms with Gasteiger partial charge < -0.3 is 19.5 Å². The third-order valence-corrected chi connectivity index (χ3v) is 8.03. The predicted molar refractivity (Wildman–Crippen MR) is 168 cm³/mol. The summed E-state index contributed by atoms with van der Waals surface area (Å²) in [5.41, 5.74) is 5.47. The molecule has 0 spiro atoms. The van der Waals surface area contributed by atoms with E-state index in [1.165, 1.54) is 0 Å². The summed E-state index contributed by atoms with van der Waals surface area (Å²) >= 11 is 0. The van der Waals surface area contributed by atoms with E-state index < -0.39 is 27.9 Å². The summed E-state index contributed by atoms with van der Waals surface area (Å²) in [6, 6.07) is 18.3. The second-order valence-corrected chi connectivity index (χ2v) is 12.1. The van der Waals surface area contributed by atoms with Crippen LogP contribution in [0, 0.1) is 13.8 Å². The molecule has 0 unspecified atom stereocenters. The van der Waals surface area contributed by atoms with E-state index in [0.29, 0.717) is 36.7 Å². The fraction of sp³-hybridized carbons (Fsp3) is 0.281. The van der Waals surface area contributed by atoms with Crippen LogP contribution in [-0.2, 0) is 21.4 Å². The van der Waals surface area contributed by atoms with Gasteiger partial charge in [0, 0.05) is 29.4 Å². The summed E-state index contributed by atoms with van der Waals surface area (Å²) in [7, 11) is -4.17. The fourth-order valence-electron chi connectivity index (χ4n) is 4.89. The molecule has 13 heteroatoms. The quantitative estimate of drug-likeness (QED) is 0.182. The van der Waals surface area contributed by atoms with E-state index >= 15 is 0 Å². The number of nitrogens with zero attached hydrogens (tertiary/aromatic N) is 3. The molecule has 0 aliphatic carbocycles. The van der Waals surface area contributed by atoms with Gasteiger partial charge in [0.1, 0.15) is 25.6 Å². The number of anilines is 1. The van der Waals surface area contributed by atoms with Gasteiger partial charge in [-0.1, -0.05) is 36.4 Å². The summed E-state index contributed by atoms with van der Waals surface area (Å²) in [6.07, 6.45) is 3.06. The van der Waals surface area contributed by atoms with Gasteiger partial charge in [0.2, 0.25) is 0 Å². The number of hydrogen-bond acceptors (Lipinski definition) is 8. The highest BCUT2D eigenvalue weighted by Gasteiger charge is 2.27. The van der Waals surface area contributed by atoms with Gasteiger partial charge in [-0.25, -0.2) is 4.79 Å². The maximum absolute atomic E-state index is 13.0. The van der Waals surface area contributed by atoms with E-state index in [1.54, 1.807) is 34.0 Å². The van der Waals surface area contributed by atoms with Gasteiger partial charge in [-0.05, 0) is 54.8 Å². The van der Waals surface area contributed by atoms with Gasteiger partial charge in [-0.2, -0.15) is 13.5 Å². The Morgan fingerprint density at radius 1 is 1.07 bits per heavy atom. The molecular formula is C32H34N4O8S. The number of hydrogen-bond donors (Lipinski definition) is 2. The third kappa shape index (κ3) is 7.99. The zero-order valence-corrected chi connectivity index (χ0v) is 25.7. The van der Waals surface area contributed by atoms with Gasteiger partial charge in [0.25, 0.3) is 16.0 Å². The zero-order valence-electron chi connectivity index (χ0n) is 24.9. The minimum Gasteiger partial charge on any atom is -0.490 e. The van der Waals surface area contributed by atoms with Crippen molar-refractivity contribution in [1.29, 1.82) is 0 Å². The Labute approximate surface area is 261 Å². The van der Waals surface area contributed by atoms with E-state index in [9.17, 15) is 18.0 Å². The molecular weight excluding hydrogens is 600 g/mol. The lowest BCUT2D eigenvalue weighted by Crippen LogP contribution is -2.39. The van der Waals surface area contributed by atoms with Crippen LogP contribution in [0.4, 0.5) is 10.5 Å². The number of ether oxygens (including phenoxy) is 3. The molecule has 2 N–H and O–H groups in total. The lowest BCUT2D eigenvalue weighted by molar-refractivity contribution is 0.0956. The zero-order chi connectivity index (χ0) is 32.0. The highest BCUT2D eigenvalue weighted by molar-refractivity contribution is 7.85. The normalized spacial score (nSPS) is 12.6. The number of para-hydroxylation sites is 1. The molecule has 0 atom stereocenters. The molecule has 12 nitrogen and oxygen atoms in total. The van der Waals surface area contributed by atoms with Crippen molar-refractivity contribution in [3.05, 3.63) is 95.3 Å². The number of aryl methyl sites for hydroxylation is 1. The monoisotopic (exact) mass is 634 g/mol. The lowest BCUT2D eigenvalue weighted by Gasteiger charge is -2.30. The number of carbonyl (C=O) groups excluding carboxylic acids is 2. The second-order valence-electron chi connectivity index (χ2n) is 10.5. The first-order valence-corrected chi connectivity index (χ1v) is 15.9. The van der Waals surface area contributed by atoms with Crippen LogP contribution in [0.15, 0.2) is 73.1 Å². The Bertz CT molecular complexity index is 1800. The Balaban J connectivity index is 1.22. The van der Waals surface area contributed by atoms with Crippen LogP contribution < -0.4 is 19.7 Å². The maximum atomic E-state index is 13.0. The van der Waals surface area contributed by atoms with E-state index in [4.69, 9.17) is 18.8 Å². The van der Waals surface area contributed by atoms with E-state index in [1.807, 2.05) is 62.5 Å². The van der Waals surface area contributed by atoms with Gasteiger partial charge >= 0.3 is 6.09 Å². The second kappa shape index (κ2) is 13.8. The molecule has 1 aliphatic rings. The first-order chi connectivity index (χ1) is 21.6. The molecule has 0 saturated carbocycles. The van der Waals surface area contributed by atoms with Gasteiger partial charge in [-0.15, -0.1) is 0 Å². The first-order valence-electron chi connectivity index (χ1n) is 14.3. The smallest absolute Gasteiger partial charge is 0.414 e. The molecule has 4 aromatic rings. The predicted octanol–water partition coefficient (Wildman–Crippen LogP) is 4.25. The molecule has 2 heterocycles. The standard InChI is InChI=1S/C32H34N4O8S/c1-22-6-3-11-29(23(22)2)42-15-16-44-32(38)36-13-14-43-30-27(9-5-10-28(30)36)26-19-34-35(21-26)20-24-7-4-8-25(18-24)31(37)33-12-17-45(39,40)41/h3-11,18-19,21H,12-17,20H2,1-2H3,(H,33,37)(H,39,40,41). The first kappa shape index (κ1) is 31.5. The Kier molecular flexibility index (Phi) is 9.69. The molecule has 5 rings (SSSR count). The Morgan fingerprint density at radius 3 is 2.69 bits per heavy atom. The lowest BCUT2D eigenvalue weighted by atomic mass is 10.1. The molecule has 1 aromatic heterocycles. The van der Waals surface area contributed by atoms with Crippen LogP contribution in [0.3, 0.4) is 0 Å². The van der Waals surface area contributed by atoms with Crippen molar-refractivity contribution in [1.82, 2.24) is 15.1 Å². The highest BCUT2D eigenvalue weighted by Crippen LogP contribution is 2.40. The number of amides is 2. The van der Waals surface area contributed by atoms with Crippen LogP contribution in [0.25, 0.3) is 11.1 Å². The SMILES string of the molecule is Cc1cccc(OCCOC(=O)N2CCOc3c(-c4cnn(Cc5cccc(C(=O)NCCS(=O)(=O)O)c5)c4)cccc32)c1C. The highest BCUT2D eigenvalue weighted by atomic mass is 32.2. The Morgan fingerprint density at radius 2 is 1.87 bits per heavy atom. The van der Waals surface area contributed by atoms with Crippen LogP contribution in [-0.4, -0.2) is 73.4 Å². The van der Waals surface area contributed by atoms with Crippen molar-refractivity contribution in [3.63, 3.8) is 0 Å². The Hall–Kier alpha value is -4.88. The van der Waals surface area contributed by atoms with Crippen LogP contribution >= 0.6 is 0 Å². The fourth-order valence-corrected chi connectivity index (χ4v) is 5.25. The minimum absolute atomic E-state index is 0.0960. The molecule has 0 radical (unpaired) electrons. The van der Waals surface area contributed by atoms with Crippen molar-refractivity contribution >= 4 is 27.8 Å². The van der Waals surface area contributed by atoms with Crippen molar-refractivity contribution in [2.75, 3.05) is 43.6 Å². The van der Waals surface area contributed by atoms with Gasteiger partial charge in [0.15, 0.2) is 5.75 Å². The summed E-state index contributed by atoms with van der Waals surface area (Å²) in [5, 5.41) is 6.96. The number of fused-ring (bicyclic) bond motifs is 1. The molecule has 236 valence electrons. The van der Waals surface area contributed by atoms with E-state index in [-0.39, 0.29) is 19.8 Å². The van der Waals surface area contributed by atoms with Crippen molar-refractivity contribution < 1.29 is 36.8 Å². The van der Waals surface area contributed by atoms with Crippen LogP contribution in [0.2, 0.25) is 0 Å².